The highest BCUT2D eigenvalue weighted by molar-refractivity contribution is 7.98. The van der Waals surface area contributed by atoms with Gasteiger partial charge < -0.3 is 0 Å². The third-order valence-electron chi connectivity index (χ3n) is 4.58. The summed E-state index contributed by atoms with van der Waals surface area (Å²) in [7, 11) is 0. The van der Waals surface area contributed by atoms with Crippen LogP contribution in [0.4, 0.5) is 4.39 Å². The average molecular weight is 389 g/mol. The van der Waals surface area contributed by atoms with Crippen LogP contribution in [0.15, 0.2) is 78.0 Å². The second kappa shape index (κ2) is 7.98. The van der Waals surface area contributed by atoms with E-state index in [2.05, 4.69) is 52.9 Å². The molecule has 1 aromatic heterocycles. The number of aromatic nitrogens is 3. The Kier molecular flexibility index (Phi) is 5.26. The Bertz CT molecular complexity index is 1120. The summed E-state index contributed by atoms with van der Waals surface area (Å²) in [5.74, 6) is 1.08. The van der Waals surface area contributed by atoms with Crippen LogP contribution in [-0.4, -0.2) is 14.8 Å². The summed E-state index contributed by atoms with van der Waals surface area (Å²) in [6.07, 6.45) is 0. The van der Waals surface area contributed by atoms with E-state index >= 15 is 0 Å². The molecule has 0 N–H and O–H groups in total. The first-order valence-corrected chi connectivity index (χ1v) is 10.1. The third kappa shape index (κ3) is 3.71. The number of para-hydroxylation sites is 1. The van der Waals surface area contributed by atoms with Gasteiger partial charge in [0.15, 0.2) is 11.0 Å². The van der Waals surface area contributed by atoms with E-state index < -0.39 is 0 Å². The van der Waals surface area contributed by atoms with Crippen molar-refractivity contribution >= 4 is 11.8 Å². The average Bonchev–Trinajstić information content (AvgIpc) is 3.11. The van der Waals surface area contributed by atoms with Gasteiger partial charge in [-0.3, -0.25) is 4.57 Å². The van der Waals surface area contributed by atoms with E-state index in [0.717, 1.165) is 33.4 Å². The molecule has 4 aromatic rings. The van der Waals surface area contributed by atoms with Gasteiger partial charge in [0.25, 0.3) is 0 Å². The summed E-state index contributed by atoms with van der Waals surface area (Å²) in [4.78, 5) is 0. The lowest BCUT2D eigenvalue weighted by atomic mass is 10.1. The first kappa shape index (κ1) is 18.4. The molecule has 4 rings (SSSR count). The molecule has 140 valence electrons. The number of nitrogens with zero attached hydrogens (tertiary/aromatic N) is 3. The number of aryl methyl sites for hydroxylation is 2. The molecule has 0 aliphatic heterocycles. The summed E-state index contributed by atoms with van der Waals surface area (Å²) < 4.78 is 16.1. The van der Waals surface area contributed by atoms with Crippen molar-refractivity contribution in [2.24, 2.45) is 0 Å². The molecule has 0 amide bonds. The fourth-order valence-electron chi connectivity index (χ4n) is 3.12. The van der Waals surface area contributed by atoms with Gasteiger partial charge in [0.2, 0.25) is 0 Å². The van der Waals surface area contributed by atoms with Crippen molar-refractivity contribution in [3.05, 3.63) is 95.3 Å². The van der Waals surface area contributed by atoms with Gasteiger partial charge in [0, 0.05) is 11.3 Å². The SMILES string of the molecule is Cc1cccc(-c2nnc(SCc3ccccc3F)n2-c2ccccc2C)c1. The van der Waals surface area contributed by atoms with Crippen LogP contribution in [0.1, 0.15) is 16.7 Å². The monoisotopic (exact) mass is 389 g/mol. The molecule has 0 unspecified atom stereocenters. The highest BCUT2D eigenvalue weighted by Gasteiger charge is 2.18. The van der Waals surface area contributed by atoms with Crippen molar-refractivity contribution in [1.29, 1.82) is 0 Å². The predicted octanol–water partition coefficient (Wildman–Crippen LogP) is 5.98. The Balaban J connectivity index is 1.79. The second-order valence-corrected chi connectivity index (χ2v) is 7.62. The molecule has 0 aliphatic carbocycles. The lowest BCUT2D eigenvalue weighted by Gasteiger charge is -2.13. The van der Waals surface area contributed by atoms with Crippen molar-refractivity contribution in [2.45, 2.75) is 24.8 Å². The van der Waals surface area contributed by atoms with Crippen LogP contribution in [0.3, 0.4) is 0 Å². The normalized spacial score (nSPS) is 11.0. The zero-order valence-electron chi connectivity index (χ0n) is 15.8. The molecular formula is C23H20FN3S. The molecular weight excluding hydrogens is 369 g/mol. The van der Waals surface area contributed by atoms with Crippen molar-refractivity contribution in [2.75, 3.05) is 0 Å². The first-order chi connectivity index (χ1) is 13.6. The molecule has 1 heterocycles. The van der Waals surface area contributed by atoms with Crippen molar-refractivity contribution in [3.8, 4) is 17.1 Å². The third-order valence-corrected chi connectivity index (χ3v) is 5.56. The maximum absolute atomic E-state index is 14.0. The van der Waals surface area contributed by atoms with E-state index in [4.69, 9.17) is 0 Å². The molecule has 0 bridgehead atoms. The molecule has 0 spiro atoms. The summed E-state index contributed by atoms with van der Waals surface area (Å²) in [6.45, 7) is 4.13. The van der Waals surface area contributed by atoms with Crippen LogP contribution in [0.5, 0.6) is 0 Å². The zero-order chi connectivity index (χ0) is 19.5. The Morgan fingerprint density at radius 2 is 1.68 bits per heavy atom. The van der Waals surface area contributed by atoms with Crippen molar-refractivity contribution in [1.82, 2.24) is 14.8 Å². The number of halogens is 1. The molecule has 0 radical (unpaired) electrons. The van der Waals surface area contributed by atoms with Gasteiger partial charge in [0.1, 0.15) is 5.82 Å². The molecule has 0 aliphatic rings. The Hall–Kier alpha value is -2.92. The standard InChI is InChI=1S/C23H20FN3S/c1-16-8-7-11-18(14-16)22-25-26-23(27(22)21-13-6-3-9-17(21)2)28-15-19-10-4-5-12-20(19)24/h3-14H,15H2,1-2H3. The van der Waals surface area contributed by atoms with Crippen LogP contribution < -0.4 is 0 Å². The number of hydrogen-bond donors (Lipinski definition) is 0. The van der Waals surface area contributed by atoms with E-state index in [0.29, 0.717) is 11.3 Å². The lowest BCUT2D eigenvalue weighted by molar-refractivity contribution is 0.617. The van der Waals surface area contributed by atoms with Gasteiger partial charge in [-0.2, -0.15) is 0 Å². The molecule has 0 saturated heterocycles. The van der Waals surface area contributed by atoms with Gasteiger partial charge in [-0.1, -0.05) is 71.9 Å². The maximum atomic E-state index is 14.0. The van der Waals surface area contributed by atoms with Gasteiger partial charge in [0.05, 0.1) is 5.69 Å². The minimum Gasteiger partial charge on any atom is -0.270 e. The summed E-state index contributed by atoms with van der Waals surface area (Å²) in [5, 5.41) is 9.66. The molecule has 0 atom stereocenters. The van der Waals surface area contributed by atoms with Crippen molar-refractivity contribution in [3.63, 3.8) is 0 Å². The highest BCUT2D eigenvalue weighted by Crippen LogP contribution is 2.31. The zero-order valence-corrected chi connectivity index (χ0v) is 16.6. The van der Waals surface area contributed by atoms with Crippen LogP contribution in [0.25, 0.3) is 17.1 Å². The minimum absolute atomic E-state index is 0.198. The van der Waals surface area contributed by atoms with Gasteiger partial charge in [-0.05, 0) is 43.2 Å². The van der Waals surface area contributed by atoms with Crippen LogP contribution in [0.2, 0.25) is 0 Å². The first-order valence-electron chi connectivity index (χ1n) is 9.08. The molecule has 28 heavy (non-hydrogen) atoms. The maximum Gasteiger partial charge on any atom is 0.196 e. The molecule has 0 saturated carbocycles. The van der Waals surface area contributed by atoms with Gasteiger partial charge in [-0.15, -0.1) is 10.2 Å². The van der Waals surface area contributed by atoms with Gasteiger partial charge in [-0.25, -0.2) is 4.39 Å². The summed E-state index contributed by atoms with van der Waals surface area (Å²) >= 11 is 1.49. The quantitative estimate of drug-likeness (QED) is 0.393. The highest BCUT2D eigenvalue weighted by atomic mass is 32.2. The fraction of sp³-hybridized carbons (Fsp3) is 0.130. The smallest absolute Gasteiger partial charge is 0.196 e. The predicted molar refractivity (Wildman–Crippen MR) is 112 cm³/mol. The van der Waals surface area contributed by atoms with E-state index in [1.54, 1.807) is 12.1 Å². The summed E-state index contributed by atoms with van der Waals surface area (Å²) in [6, 6.07) is 23.2. The van der Waals surface area contributed by atoms with E-state index in [1.165, 1.54) is 17.8 Å². The minimum atomic E-state index is -0.198. The number of hydrogen-bond acceptors (Lipinski definition) is 3. The van der Waals surface area contributed by atoms with Crippen molar-refractivity contribution < 1.29 is 4.39 Å². The number of rotatable bonds is 5. The second-order valence-electron chi connectivity index (χ2n) is 6.68. The van der Waals surface area contributed by atoms with Gasteiger partial charge >= 0.3 is 0 Å². The molecule has 0 fully saturated rings. The molecule has 3 nitrogen and oxygen atoms in total. The number of benzene rings is 3. The lowest BCUT2D eigenvalue weighted by Crippen LogP contribution is -2.02. The van der Waals surface area contributed by atoms with Crippen LogP contribution >= 0.6 is 11.8 Å². The Labute approximate surface area is 168 Å². The Morgan fingerprint density at radius 1 is 0.893 bits per heavy atom. The van der Waals surface area contributed by atoms with E-state index in [9.17, 15) is 4.39 Å². The largest absolute Gasteiger partial charge is 0.270 e. The van der Waals surface area contributed by atoms with Crippen LogP contribution in [0, 0.1) is 19.7 Å². The Morgan fingerprint density at radius 3 is 2.46 bits per heavy atom. The fourth-order valence-corrected chi connectivity index (χ4v) is 4.05. The number of thioether (sulfide) groups is 1. The molecule has 5 heteroatoms. The molecule has 3 aromatic carbocycles. The van der Waals surface area contributed by atoms with E-state index in [1.807, 2.05) is 30.3 Å². The summed E-state index contributed by atoms with van der Waals surface area (Å²) in [5.41, 5.74) is 4.99. The van der Waals surface area contributed by atoms with E-state index in [-0.39, 0.29) is 5.82 Å². The van der Waals surface area contributed by atoms with Crippen LogP contribution in [-0.2, 0) is 5.75 Å². The topological polar surface area (TPSA) is 30.7 Å².